The molecule has 1 aromatic rings. The molecule has 2 rings (SSSR count). The van der Waals surface area contributed by atoms with Crippen molar-refractivity contribution in [3.8, 4) is 0 Å². The second kappa shape index (κ2) is 5.38. The van der Waals surface area contributed by atoms with Crippen LogP contribution in [-0.4, -0.2) is 61.2 Å². The van der Waals surface area contributed by atoms with E-state index in [0.717, 1.165) is 5.75 Å². The number of aromatic nitrogens is 3. The minimum Gasteiger partial charge on any atom is -0.481 e. The minimum absolute atomic E-state index is 0.0395. The Kier molecular flexibility index (Phi) is 3.85. The topological polar surface area (TPSA) is 99.2 Å². The van der Waals surface area contributed by atoms with E-state index in [-0.39, 0.29) is 24.2 Å². The average molecular weight is 270 g/mol. The number of hydrogen-bond donors (Lipinski definition) is 2. The van der Waals surface area contributed by atoms with E-state index in [1.807, 2.05) is 0 Å². The number of aliphatic carboxylic acids is 1. The summed E-state index contributed by atoms with van der Waals surface area (Å²) in [5, 5.41) is 15.3. The van der Waals surface area contributed by atoms with Gasteiger partial charge in [-0.3, -0.25) is 14.7 Å². The Bertz CT molecular complexity index is 462. The number of carboxylic acid groups (broad SMARTS) is 1. The van der Waals surface area contributed by atoms with Crippen molar-refractivity contribution in [2.45, 2.75) is 19.4 Å². The molecule has 2 heterocycles. The fourth-order valence-electron chi connectivity index (χ4n) is 1.86. The van der Waals surface area contributed by atoms with Gasteiger partial charge in [0, 0.05) is 18.1 Å². The van der Waals surface area contributed by atoms with Gasteiger partial charge in [-0.15, -0.1) is 5.10 Å². The summed E-state index contributed by atoms with van der Waals surface area (Å²) in [5.74, 6) is 0.930. The van der Waals surface area contributed by atoms with Gasteiger partial charge in [-0.2, -0.15) is 11.8 Å². The van der Waals surface area contributed by atoms with Crippen LogP contribution < -0.4 is 0 Å². The fraction of sp³-hybridized carbons (Fsp3) is 0.600. The van der Waals surface area contributed by atoms with Gasteiger partial charge in [0.2, 0.25) is 5.82 Å². The predicted octanol–water partition coefficient (Wildman–Crippen LogP) is 0.145. The maximum Gasteiger partial charge on any atom is 0.305 e. The van der Waals surface area contributed by atoms with Crippen LogP contribution in [0.5, 0.6) is 0 Å². The summed E-state index contributed by atoms with van der Waals surface area (Å²) in [6, 6.07) is -0.285. The van der Waals surface area contributed by atoms with Crippen molar-refractivity contribution in [3.63, 3.8) is 0 Å². The van der Waals surface area contributed by atoms with E-state index in [9.17, 15) is 9.59 Å². The third-order valence-corrected chi connectivity index (χ3v) is 3.78. The van der Waals surface area contributed by atoms with E-state index < -0.39 is 5.97 Å². The molecule has 8 heteroatoms. The normalized spacial score (nSPS) is 19.8. The van der Waals surface area contributed by atoms with Crippen molar-refractivity contribution < 1.29 is 14.7 Å². The number of amides is 1. The number of nitrogens with zero attached hydrogens (tertiary/aromatic N) is 3. The van der Waals surface area contributed by atoms with Gasteiger partial charge >= 0.3 is 5.97 Å². The summed E-state index contributed by atoms with van der Waals surface area (Å²) in [5.41, 5.74) is 0. The third kappa shape index (κ3) is 2.81. The first-order valence-electron chi connectivity index (χ1n) is 5.57. The number of carbonyl (C=O) groups is 2. The molecule has 0 radical (unpaired) electrons. The number of carbonyl (C=O) groups excluding carboxylic acids is 1. The molecule has 0 spiro atoms. The van der Waals surface area contributed by atoms with Crippen LogP contribution in [0, 0.1) is 6.92 Å². The molecule has 1 aromatic heterocycles. The molecule has 1 unspecified atom stereocenters. The van der Waals surface area contributed by atoms with Gasteiger partial charge in [0.15, 0.2) is 0 Å². The Morgan fingerprint density at radius 2 is 2.39 bits per heavy atom. The molecule has 1 fully saturated rings. The molecule has 1 atom stereocenters. The smallest absolute Gasteiger partial charge is 0.305 e. The Morgan fingerprint density at radius 1 is 1.61 bits per heavy atom. The standard InChI is InChI=1S/C10H14N4O3S/c1-6-11-9(13-12-6)10(17)14-2-3-18-5-7(14)4-8(15)16/h7H,2-5H2,1H3,(H,15,16)(H,11,12,13). The van der Waals surface area contributed by atoms with E-state index in [4.69, 9.17) is 5.11 Å². The predicted molar refractivity (Wildman–Crippen MR) is 65.5 cm³/mol. The molecule has 1 aliphatic rings. The van der Waals surface area contributed by atoms with E-state index in [1.54, 1.807) is 23.6 Å². The summed E-state index contributed by atoms with van der Waals surface area (Å²) >= 11 is 1.66. The molecule has 7 nitrogen and oxygen atoms in total. The lowest BCUT2D eigenvalue weighted by Gasteiger charge is -2.33. The monoisotopic (exact) mass is 270 g/mol. The van der Waals surface area contributed by atoms with Gasteiger partial charge in [0.1, 0.15) is 5.82 Å². The number of carboxylic acids is 1. The highest BCUT2D eigenvalue weighted by molar-refractivity contribution is 7.99. The Balaban J connectivity index is 2.13. The zero-order chi connectivity index (χ0) is 13.1. The molecule has 0 aromatic carbocycles. The SMILES string of the molecule is Cc1nc(C(=O)N2CCSCC2CC(=O)O)n[nH]1. The number of thioether (sulfide) groups is 1. The summed E-state index contributed by atoms with van der Waals surface area (Å²) < 4.78 is 0. The van der Waals surface area contributed by atoms with Crippen molar-refractivity contribution >= 4 is 23.6 Å². The molecule has 1 aliphatic heterocycles. The van der Waals surface area contributed by atoms with Crippen molar-refractivity contribution in [1.29, 1.82) is 0 Å². The lowest BCUT2D eigenvalue weighted by atomic mass is 10.2. The van der Waals surface area contributed by atoms with Gasteiger partial charge < -0.3 is 10.0 Å². The lowest BCUT2D eigenvalue weighted by molar-refractivity contribution is -0.138. The molecule has 0 saturated carbocycles. The molecule has 1 saturated heterocycles. The summed E-state index contributed by atoms with van der Waals surface area (Å²) in [7, 11) is 0. The van der Waals surface area contributed by atoms with Crippen LogP contribution in [0.4, 0.5) is 0 Å². The molecule has 98 valence electrons. The van der Waals surface area contributed by atoms with Crippen LogP contribution in [0.1, 0.15) is 22.9 Å². The van der Waals surface area contributed by atoms with E-state index in [0.29, 0.717) is 18.1 Å². The number of hydrogen-bond acceptors (Lipinski definition) is 5. The largest absolute Gasteiger partial charge is 0.481 e. The number of H-pyrrole nitrogens is 1. The molecule has 2 N–H and O–H groups in total. The minimum atomic E-state index is -0.897. The third-order valence-electron chi connectivity index (χ3n) is 2.69. The molecule has 0 bridgehead atoms. The Labute approximate surface area is 108 Å². The first-order chi connectivity index (χ1) is 8.58. The first kappa shape index (κ1) is 12.9. The molecule has 18 heavy (non-hydrogen) atoms. The number of aryl methyl sites for hydroxylation is 1. The first-order valence-corrected chi connectivity index (χ1v) is 6.73. The molecular formula is C10H14N4O3S. The Morgan fingerprint density at radius 3 is 3.00 bits per heavy atom. The van der Waals surface area contributed by atoms with Crippen LogP contribution in [-0.2, 0) is 4.79 Å². The van der Waals surface area contributed by atoms with Crippen molar-refractivity contribution in [3.05, 3.63) is 11.6 Å². The summed E-state index contributed by atoms with van der Waals surface area (Å²) in [6.45, 7) is 2.25. The second-order valence-electron chi connectivity index (χ2n) is 4.07. The highest BCUT2D eigenvalue weighted by Gasteiger charge is 2.31. The van der Waals surface area contributed by atoms with Gasteiger partial charge in [0.05, 0.1) is 12.5 Å². The van der Waals surface area contributed by atoms with Crippen molar-refractivity contribution in [1.82, 2.24) is 20.1 Å². The van der Waals surface area contributed by atoms with Crippen molar-refractivity contribution in [2.24, 2.45) is 0 Å². The van der Waals surface area contributed by atoms with Crippen LogP contribution in [0.2, 0.25) is 0 Å². The Hall–Kier alpha value is -1.57. The van der Waals surface area contributed by atoms with Crippen LogP contribution in [0.15, 0.2) is 0 Å². The average Bonchev–Trinajstić information content (AvgIpc) is 2.75. The quantitative estimate of drug-likeness (QED) is 0.811. The number of aromatic amines is 1. The summed E-state index contributed by atoms with van der Waals surface area (Å²) in [6.07, 6.45) is -0.0395. The number of nitrogens with one attached hydrogen (secondary N) is 1. The van der Waals surface area contributed by atoms with Crippen LogP contribution in [0.3, 0.4) is 0 Å². The zero-order valence-corrected chi connectivity index (χ0v) is 10.7. The van der Waals surface area contributed by atoms with E-state index in [1.165, 1.54) is 0 Å². The maximum atomic E-state index is 12.2. The van der Waals surface area contributed by atoms with Gasteiger partial charge in [0.25, 0.3) is 5.91 Å². The molecule has 0 aliphatic carbocycles. The second-order valence-corrected chi connectivity index (χ2v) is 5.22. The van der Waals surface area contributed by atoms with Crippen LogP contribution >= 0.6 is 11.8 Å². The highest BCUT2D eigenvalue weighted by Crippen LogP contribution is 2.20. The number of rotatable bonds is 3. The van der Waals surface area contributed by atoms with Crippen LogP contribution in [0.25, 0.3) is 0 Å². The van der Waals surface area contributed by atoms with Gasteiger partial charge in [-0.1, -0.05) is 0 Å². The van der Waals surface area contributed by atoms with Gasteiger partial charge in [-0.05, 0) is 6.92 Å². The molecule has 1 amide bonds. The molecular weight excluding hydrogens is 256 g/mol. The van der Waals surface area contributed by atoms with Crippen molar-refractivity contribution in [2.75, 3.05) is 18.1 Å². The van der Waals surface area contributed by atoms with E-state index in [2.05, 4.69) is 15.2 Å². The van der Waals surface area contributed by atoms with E-state index >= 15 is 0 Å². The maximum absolute atomic E-state index is 12.2. The fourth-order valence-corrected chi connectivity index (χ4v) is 2.92. The highest BCUT2D eigenvalue weighted by atomic mass is 32.2. The zero-order valence-electron chi connectivity index (χ0n) is 9.92. The summed E-state index contributed by atoms with van der Waals surface area (Å²) in [4.78, 5) is 28.5. The lowest BCUT2D eigenvalue weighted by Crippen LogP contribution is -2.47. The van der Waals surface area contributed by atoms with Gasteiger partial charge in [-0.25, -0.2) is 4.98 Å².